The van der Waals surface area contributed by atoms with Gasteiger partial charge in [0.25, 0.3) is 0 Å². The van der Waals surface area contributed by atoms with E-state index in [1.807, 2.05) is 6.07 Å². The number of nitriles is 1. The van der Waals surface area contributed by atoms with Crippen LogP contribution in [-0.4, -0.2) is 24.0 Å². The van der Waals surface area contributed by atoms with Crippen molar-refractivity contribution in [2.45, 2.75) is 30.9 Å². The lowest BCUT2D eigenvalue weighted by atomic mass is 9.75. The van der Waals surface area contributed by atoms with Crippen molar-refractivity contribution in [2.75, 3.05) is 12.4 Å². The van der Waals surface area contributed by atoms with Crippen LogP contribution in [0.5, 0.6) is 0 Å². The van der Waals surface area contributed by atoms with Crippen molar-refractivity contribution >= 4 is 41.7 Å². The second-order valence-electron chi connectivity index (χ2n) is 8.30. The maximum Gasteiger partial charge on any atom is 0.124 e. The smallest absolute Gasteiger partial charge is 0.124 e. The highest BCUT2D eigenvalue weighted by molar-refractivity contribution is 7.98. The summed E-state index contributed by atoms with van der Waals surface area (Å²) in [6.07, 6.45) is 7.61. The summed E-state index contributed by atoms with van der Waals surface area (Å²) in [6, 6.07) is 11.8. The van der Waals surface area contributed by atoms with Crippen molar-refractivity contribution in [2.24, 2.45) is 4.99 Å². The van der Waals surface area contributed by atoms with Gasteiger partial charge in [0.2, 0.25) is 0 Å². The summed E-state index contributed by atoms with van der Waals surface area (Å²) in [6.45, 7) is 6.18. The summed E-state index contributed by atoms with van der Waals surface area (Å²) in [5, 5.41) is 10.0. The lowest BCUT2D eigenvalue weighted by molar-refractivity contribution is 0.336. The van der Waals surface area contributed by atoms with E-state index in [2.05, 4.69) is 29.6 Å². The second-order valence-corrected chi connectivity index (χ2v) is 10.1. The Morgan fingerprint density at radius 2 is 2.03 bits per heavy atom. The Kier molecular flexibility index (Phi) is 9.56. The summed E-state index contributed by atoms with van der Waals surface area (Å²) in [7, 11) is 0. The number of halogens is 4. The van der Waals surface area contributed by atoms with Gasteiger partial charge in [-0.3, -0.25) is 4.99 Å². The number of allylic oxidation sites excluding steroid dienone is 4. The van der Waals surface area contributed by atoms with E-state index >= 15 is 0 Å². The van der Waals surface area contributed by atoms with Crippen molar-refractivity contribution in [3.05, 3.63) is 105 Å². The molecule has 8 heteroatoms. The molecular formula is C27H25Cl2F2N3S. The molecule has 3 rings (SSSR count). The van der Waals surface area contributed by atoms with E-state index in [1.54, 1.807) is 48.3 Å². The molecule has 0 saturated carbocycles. The van der Waals surface area contributed by atoms with Crippen molar-refractivity contribution < 1.29 is 8.78 Å². The normalized spacial score (nSPS) is 22.2. The molecule has 0 spiro atoms. The third-order valence-corrected chi connectivity index (χ3v) is 7.63. The zero-order chi connectivity index (χ0) is 25.4. The van der Waals surface area contributed by atoms with Crippen LogP contribution in [0.3, 0.4) is 0 Å². The molecule has 182 valence electrons. The van der Waals surface area contributed by atoms with Crippen LogP contribution in [-0.2, 0) is 11.2 Å². The number of hydrogen-bond acceptors (Lipinski definition) is 4. The van der Waals surface area contributed by atoms with Gasteiger partial charge in [-0.1, -0.05) is 41.4 Å². The van der Waals surface area contributed by atoms with Gasteiger partial charge in [-0.15, -0.1) is 11.8 Å². The Balaban J connectivity index is 1.98. The van der Waals surface area contributed by atoms with E-state index < -0.39 is 5.41 Å². The first-order chi connectivity index (χ1) is 16.8. The molecule has 1 aliphatic heterocycles. The quantitative estimate of drug-likeness (QED) is 0.352. The fourth-order valence-electron chi connectivity index (χ4n) is 4.01. The molecule has 0 radical (unpaired) electrons. The first-order valence-corrected chi connectivity index (χ1v) is 12.8. The molecule has 1 atom stereocenters. The summed E-state index contributed by atoms with van der Waals surface area (Å²) >= 11 is 14.2. The van der Waals surface area contributed by atoms with E-state index in [9.17, 15) is 14.0 Å². The van der Waals surface area contributed by atoms with Gasteiger partial charge in [-0.2, -0.15) is 5.26 Å². The van der Waals surface area contributed by atoms with Crippen molar-refractivity contribution in [3.8, 4) is 6.07 Å². The van der Waals surface area contributed by atoms with E-state index in [4.69, 9.17) is 23.2 Å². The molecule has 1 aliphatic rings. The van der Waals surface area contributed by atoms with Crippen molar-refractivity contribution in [1.82, 2.24) is 4.90 Å². The molecule has 2 aromatic rings. The molecule has 1 heterocycles. The van der Waals surface area contributed by atoms with Crippen LogP contribution in [0.1, 0.15) is 36.5 Å². The van der Waals surface area contributed by atoms with E-state index in [0.29, 0.717) is 46.6 Å². The summed E-state index contributed by atoms with van der Waals surface area (Å²) in [5.74, 6) is 0.455. The Hall–Kier alpha value is -2.59. The molecule has 0 bridgehead atoms. The summed E-state index contributed by atoms with van der Waals surface area (Å²) in [4.78, 5) is 6.20. The molecule has 3 nitrogen and oxygen atoms in total. The van der Waals surface area contributed by atoms with Crippen LogP contribution in [0.15, 0.2) is 77.3 Å². The van der Waals surface area contributed by atoms with E-state index in [0.717, 1.165) is 16.8 Å². The maximum atomic E-state index is 14.3. The average molecular weight is 532 g/mol. The average Bonchev–Trinajstić information content (AvgIpc) is 2.82. The van der Waals surface area contributed by atoms with Gasteiger partial charge in [-0.25, -0.2) is 8.78 Å². The number of aliphatic imine (C=N–C) groups is 1. The SMILES string of the molecule is C=N/C=C1\N(CSCc2ccc(F)cc2Cl)C/C=C\C(F)=C/CCC1(C)c1ccc(C#N)c(Cl)c1. The van der Waals surface area contributed by atoms with Crippen LogP contribution in [0.4, 0.5) is 8.78 Å². The van der Waals surface area contributed by atoms with E-state index in [1.165, 1.54) is 18.2 Å². The van der Waals surface area contributed by atoms with Crippen LogP contribution < -0.4 is 0 Å². The highest BCUT2D eigenvalue weighted by Gasteiger charge is 2.35. The number of benzene rings is 2. The molecule has 0 saturated heterocycles. The minimum absolute atomic E-state index is 0.287. The molecule has 2 aromatic carbocycles. The fourth-order valence-corrected chi connectivity index (χ4v) is 5.58. The predicted molar refractivity (Wildman–Crippen MR) is 143 cm³/mol. The highest BCUT2D eigenvalue weighted by Crippen LogP contribution is 2.41. The lowest BCUT2D eigenvalue weighted by Crippen LogP contribution is -2.37. The molecule has 0 fully saturated rings. The maximum absolute atomic E-state index is 14.3. The highest BCUT2D eigenvalue weighted by atomic mass is 35.5. The molecular weight excluding hydrogens is 507 g/mol. The minimum atomic E-state index is -0.588. The molecule has 0 N–H and O–H groups in total. The zero-order valence-corrected chi connectivity index (χ0v) is 21.6. The standard InChI is InChI=1S/C27H25Cl2F2N3S/c1-27(21-9-7-19(15-32)24(28)13-21)11-3-5-22(30)6-4-12-34(26(27)16-33-2)18-35-17-20-8-10-23(31)14-25(20)29/h4-10,13-14,16H,2-3,11-12,17-18H2,1H3/b6-4-,22-5+,26-16-. The fraction of sp³-hybridized carbons (Fsp3) is 0.259. The Morgan fingerprint density at radius 1 is 1.23 bits per heavy atom. The van der Waals surface area contributed by atoms with Crippen LogP contribution in [0.25, 0.3) is 0 Å². The van der Waals surface area contributed by atoms with Gasteiger partial charge in [-0.05, 0) is 74.0 Å². The van der Waals surface area contributed by atoms with E-state index in [-0.39, 0.29) is 11.6 Å². The second kappa shape index (κ2) is 12.4. The van der Waals surface area contributed by atoms with Crippen molar-refractivity contribution in [1.29, 1.82) is 5.26 Å². The molecule has 0 aromatic heterocycles. The van der Waals surface area contributed by atoms with Gasteiger partial charge in [0.15, 0.2) is 0 Å². The third kappa shape index (κ3) is 6.76. The molecule has 0 amide bonds. The van der Waals surface area contributed by atoms with Crippen LogP contribution in [0, 0.1) is 17.1 Å². The predicted octanol–water partition coefficient (Wildman–Crippen LogP) is 8.20. The summed E-state index contributed by atoms with van der Waals surface area (Å²) < 4.78 is 27.7. The minimum Gasteiger partial charge on any atom is -0.360 e. The third-order valence-electron chi connectivity index (χ3n) is 5.95. The Bertz CT molecular complexity index is 1220. The summed E-state index contributed by atoms with van der Waals surface area (Å²) in [5.41, 5.74) is 2.42. The van der Waals surface area contributed by atoms with Gasteiger partial charge >= 0.3 is 0 Å². The Labute approximate surface area is 219 Å². The van der Waals surface area contributed by atoms with Gasteiger partial charge in [0, 0.05) is 34.6 Å². The molecule has 0 aliphatic carbocycles. The van der Waals surface area contributed by atoms with Crippen LogP contribution >= 0.6 is 35.0 Å². The number of thioether (sulfide) groups is 1. The molecule has 1 unspecified atom stereocenters. The number of nitrogens with zero attached hydrogens (tertiary/aromatic N) is 3. The monoisotopic (exact) mass is 531 g/mol. The van der Waals surface area contributed by atoms with Gasteiger partial charge < -0.3 is 4.90 Å². The van der Waals surface area contributed by atoms with Crippen LogP contribution in [0.2, 0.25) is 10.0 Å². The molecule has 35 heavy (non-hydrogen) atoms. The van der Waals surface area contributed by atoms with Gasteiger partial charge in [0.05, 0.1) is 16.5 Å². The topological polar surface area (TPSA) is 39.4 Å². The Morgan fingerprint density at radius 3 is 2.71 bits per heavy atom. The number of hydrogen-bond donors (Lipinski definition) is 0. The first-order valence-electron chi connectivity index (χ1n) is 10.9. The first kappa shape index (κ1) is 27.0. The van der Waals surface area contributed by atoms with Gasteiger partial charge in [0.1, 0.15) is 17.7 Å². The zero-order valence-electron chi connectivity index (χ0n) is 19.3. The number of rotatable bonds is 6. The largest absolute Gasteiger partial charge is 0.360 e. The van der Waals surface area contributed by atoms with Crippen molar-refractivity contribution in [3.63, 3.8) is 0 Å². The lowest BCUT2D eigenvalue weighted by Gasteiger charge is -2.40.